The average Bonchev–Trinajstić information content (AvgIpc) is 2.51. The maximum atomic E-state index is 12.3. The molecule has 23 heavy (non-hydrogen) atoms. The van der Waals surface area contributed by atoms with E-state index >= 15 is 0 Å². The largest absolute Gasteiger partial charge is 0.381 e. The van der Waals surface area contributed by atoms with Crippen LogP contribution in [-0.4, -0.2) is 4.98 Å². The van der Waals surface area contributed by atoms with Gasteiger partial charge in [-0.05, 0) is 79.6 Å². The minimum absolute atomic E-state index is 0.0291. The molecule has 3 nitrogen and oxygen atoms in total. The van der Waals surface area contributed by atoms with Crippen molar-refractivity contribution in [3.63, 3.8) is 0 Å². The summed E-state index contributed by atoms with van der Waals surface area (Å²) < 4.78 is 0. The molecule has 118 valence electrons. The molecule has 3 aromatic rings. The van der Waals surface area contributed by atoms with Crippen molar-refractivity contribution in [2.24, 2.45) is 0 Å². The summed E-state index contributed by atoms with van der Waals surface area (Å²) >= 11 is 0. The van der Waals surface area contributed by atoms with E-state index in [1.807, 2.05) is 24.3 Å². The molecule has 0 radical (unpaired) electrons. The van der Waals surface area contributed by atoms with Crippen molar-refractivity contribution in [1.82, 2.24) is 4.98 Å². The predicted octanol–water partition coefficient (Wildman–Crippen LogP) is 4.37. The molecule has 0 saturated carbocycles. The zero-order valence-corrected chi connectivity index (χ0v) is 14.1. The van der Waals surface area contributed by atoms with E-state index in [2.05, 4.69) is 50.1 Å². The maximum Gasteiger partial charge on any atom is 0.253 e. The normalized spacial score (nSPS) is 11.0. The fourth-order valence-corrected chi connectivity index (χ4v) is 2.79. The zero-order chi connectivity index (χ0) is 16.6. The molecular weight excluding hydrogens is 284 g/mol. The number of aromatic nitrogens is 1. The lowest BCUT2D eigenvalue weighted by molar-refractivity contribution is 1.08. The molecule has 0 atom stereocenters. The first kappa shape index (κ1) is 15.3. The number of rotatable bonds is 3. The second-order valence-corrected chi connectivity index (χ2v) is 6.25. The van der Waals surface area contributed by atoms with Crippen LogP contribution < -0.4 is 10.9 Å². The Morgan fingerprint density at radius 3 is 2.48 bits per heavy atom. The number of pyridine rings is 1. The van der Waals surface area contributed by atoms with Crippen molar-refractivity contribution < 1.29 is 0 Å². The Balaban J connectivity index is 1.94. The van der Waals surface area contributed by atoms with Crippen LogP contribution in [0.5, 0.6) is 0 Å². The molecule has 0 spiro atoms. The van der Waals surface area contributed by atoms with E-state index in [1.165, 1.54) is 22.3 Å². The van der Waals surface area contributed by atoms with Gasteiger partial charge in [0.25, 0.3) is 5.56 Å². The van der Waals surface area contributed by atoms with Crippen LogP contribution in [0.15, 0.2) is 41.2 Å². The van der Waals surface area contributed by atoms with Crippen molar-refractivity contribution >= 4 is 16.6 Å². The van der Waals surface area contributed by atoms with Gasteiger partial charge in [0, 0.05) is 23.3 Å². The summed E-state index contributed by atoms with van der Waals surface area (Å²) in [6.45, 7) is 8.85. The Morgan fingerprint density at radius 1 is 0.957 bits per heavy atom. The Hall–Kier alpha value is -2.55. The van der Waals surface area contributed by atoms with E-state index in [4.69, 9.17) is 0 Å². The summed E-state index contributed by atoms with van der Waals surface area (Å²) in [5.41, 5.74) is 7.58. The number of aryl methyl sites for hydroxylation is 3. The highest BCUT2D eigenvalue weighted by molar-refractivity contribution is 5.80. The second kappa shape index (κ2) is 5.92. The van der Waals surface area contributed by atoms with Crippen molar-refractivity contribution in [2.45, 2.75) is 34.2 Å². The van der Waals surface area contributed by atoms with Crippen molar-refractivity contribution in [1.29, 1.82) is 0 Å². The van der Waals surface area contributed by atoms with Crippen LogP contribution in [0, 0.1) is 27.7 Å². The summed E-state index contributed by atoms with van der Waals surface area (Å²) in [5, 5.41) is 4.46. The van der Waals surface area contributed by atoms with Gasteiger partial charge < -0.3 is 10.3 Å². The molecule has 1 heterocycles. The number of fused-ring (bicyclic) bond motifs is 1. The van der Waals surface area contributed by atoms with Gasteiger partial charge in [0.15, 0.2) is 0 Å². The van der Waals surface area contributed by atoms with Crippen LogP contribution in [-0.2, 0) is 6.54 Å². The quantitative estimate of drug-likeness (QED) is 0.754. The first-order chi connectivity index (χ1) is 11.0. The van der Waals surface area contributed by atoms with Gasteiger partial charge in [0.05, 0.1) is 0 Å². The van der Waals surface area contributed by atoms with E-state index in [1.54, 1.807) is 0 Å². The SMILES string of the molecule is Cc1cc2cc(CNc3cccc(C)c3C)c(=O)[nH]c2cc1C. The van der Waals surface area contributed by atoms with Gasteiger partial charge in [-0.3, -0.25) is 4.79 Å². The van der Waals surface area contributed by atoms with Gasteiger partial charge in [-0.1, -0.05) is 12.1 Å². The third-order valence-corrected chi connectivity index (χ3v) is 4.61. The molecular formula is C20H22N2O. The lowest BCUT2D eigenvalue weighted by Gasteiger charge is -2.12. The smallest absolute Gasteiger partial charge is 0.253 e. The van der Waals surface area contributed by atoms with Crippen LogP contribution >= 0.6 is 0 Å². The molecule has 0 aliphatic heterocycles. The number of hydrogen-bond acceptors (Lipinski definition) is 2. The molecule has 0 saturated heterocycles. The minimum atomic E-state index is -0.0291. The lowest BCUT2D eigenvalue weighted by Crippen LogP contribution is -2.16. The Labute approximate surface area is 136 Å². The number of aromatic amines is 1. The van der Waals surface area contributed by atoms with E-state index in [0.717, 1.165) is 22.2 Å². The maximum absolute atomic E-state index is 12.3. The van der Waals surface area contributed by atoms with Crippen LogP contribution in [0.4, 0.5) is 5.69 Å². The molecule has 0 fully saturated rings. The molecule has 0 aliphatic carbocycles. The highest BCUT2D eigenvalue weighted by Crippen LogP contribution is 2.20. The highest BCUT2D eigenvalue weighted by atomic mass is 16.1. The Morgan fingerprint density at radius 2 is 1.70 bits per heavy atom. The Bertz CT molecular complexity index is 938. The molecule has 3 rings (SSSR count). The van der Waals surface area contributed by atoms with Crippen LogP contribution in [0.25, 0.3) is 10.9 Å². The average molecular weight is 306 g/mol. The van der Waals surface area contributed by atoms with E-state index in [0.29, 0.717) is 6.54 Å². The van der Waals surface area contributed by atoms with Gasteiger partial charge in [0.2, 0.25) is 0 Å². The summed E-state index contributed by atoms with van der Waals surface area (Å²) in [7, 11) is 0. The molecule has 0 aliphatic rings. The van der Waals surface area contributed by atoms with Crippen LogP contribution in [0.2, 0.25) is 0 Å². The number of hydrogen-bond donors (Lipinski definition) is 2. The van der Waals surface area contributed by atoms with E-state index < -0.39 is 0 Å². The first-order valence-corrected chi connectivity index (χ1v) is 7.89. The standard InChI is InChI=1S/C20H22N2O/c1-12-6-5-7-18(15(12)4)21-11-17-10-16-8-13(2)14(3)9-19(16)22-20(17)23/h5-10,21H,11H2,1-4H3,(H,22,23). The number of anilines is 1. The third-order valence-electron chi connectivity index (χ3n) is 4.61. The molecule has 2 aromatic carbocycles. The molecule has 0 amide bonds. The second-order valence-electron chi connectivity index (χ2n) is 6.25. The molecule has 1 aromatic heterocycles. The molecule has 3 heteroatoms. The fraction of sp³-hybridized carbons (Fsp3) is 0.250. The van der Waals surface area contributed by atoms with Gasteiger partial charge >= 0.3 is 0 Å². The summed E-state index contributed by atoms with van der Waals surface area (Å²) in [5.74, 6) is 0. The number of H-pyrrole nitrogens is 1. The van der Waals surface area contributed by atoms with Crippen LogP contribution in [0.3, 0.4) is 0 Å². The predicted molar refractivity (Wildman–Crippen MR) is 97.3 cm³/mol. The number of nitrogens with one attached hydrogen (secondary N) is 2. The fourth-order valence-electron chi connectivity index (χ4n) is 2.79. The van der Waals surface area contributed by atoms with Gasteiger partial charge in [-0.25, -0.2) is 0 Å². The Kier molecular flexibility index (Phi) is 3.95. The third kappa shape index (κ3) is 3.00. The molecule has 0 unspecified atom stereocenters. The molecule has 2 N–H and O–H groups in total. The van der Waals surface area contributed by atoms with Crippen molar-refractivity contribution in [3.8, 4) is 0 Å². The van der Waals surface area contributed by atoms with Gasteiger partial charge in [-0.2, -0.15) is 0 Å². The summed E-state index contributed by atoms with van der Waals surface area (Å²) in [6, 6.07) is 12.3. The van der Waals surface area contributed by atoms with Gasteiger partial charge in [-0.15, -0.1) is 0 Å². The van der Waals surface area contributed by atoms with Crippen LogP contribution in [0.1, 0.15) is 27.8 Å². The zero-order valence-electron chi connectivity index (χ0n) is 14.1. The summed E-state index contributed by atoms with van der Waals surface area (Å²) in [6.07, 6.45) is 0. The minimum Gasteiger partial charge on any atom is -0.381 e. The van der Waals surface area contributed by atoms with Crippen molar-refractivity contribution in [2.75, 3.05) is 5.32 Å². The summed E-state index contributed by atoms with van der Waals surface area (Å²) in [4.78, 5) is 15.3. The van der Waals surface area contributed by atoms with E-state index in [-0.39, 0.29) is 5.56 Å². The van der Waals surface area contributed by atoms with Gasteiger partial charge in [0.1, 0.15) is 0 Å². The highest BCUT2D eigenvalue weighted by Gasteiger charge is 2.06. The first-order valence-electron chi connectivity index (χ1n) is 7.89. The topological polar surface area (TPSA) is 44.9 Å². The molecule has 0 bridgehead atoms. The lowest BCUT2D eigenvalue weighted by atomic mass is 10.0. The van der Waals surface area contributed by atoms with Crippen molar-refractivity contribution in [3.05, 3.63) is 74.6 Å². The number of benzene rings is 2. The monoisotopic (exact) mass is 306 g/mol. The van der Waals surface area contributed by atoms with E-state index in [9.17, 15) is 4.79 Å².